The van der Waals surface area contributed by atoms with E-state index in [9.17, 15) is 0 Å². The first-order valence-electron chi connectivity index (χ1n) is 5.72. The van der Waals surface area contributed by atoms with Gasteiger partial charge in [-0.2, -0.15) is 0 Å². The van der Waals surface area contributed by atoms with Crippen molar-refractivity contribution in [3.63, 3.8) is 0 Å². The molecule has 0 saturated heterocycles. The standard InChI is InChI=1S/C13H16N2S2/c1-9-8-12(17-10(2)14-9)15-13(16)11-6-4-3-5-7-11/h3-7,9,12H,8H2,1-2H3,(H,15,16). The molecule has 4 heteroatoms. The molecule has 0 bridgehead atoms. The van der Waals surface area contributed by atoms with Gasteiger partial charge in [0.05, 0.1) is 16.5 Å². The van der Waals surface area contributed by atoms with Gasteiger partial charge in [-0.3, -0.25) is 4.99 Å². The van der Waals surface area contributed by atoms with E-state index in [1.807, 2.05) is 30.3 Å². The third-order valence-corrected chi connectivity index (χ3v) is 3.99. The number of aliphatic imine (C=N–C) groups is 1. The highest BCUT2D eigenvalue weighted by Gasteiger charge is 2.20. The first-order chi connectivity index (χ1) is 8.15. The average Bonchev–Trinajstić information content (AvgIpc) is 2.28. The lowest BCUT2D eigenvalue weighted by Gasteiger charge is -2.26. The quantitative estimate of drug-likeness (QED) is 0.830. The minimum absolute atomic E-state index is 0.343. The SMILES string of the molecule is CC1=NC(C)CC(NC(=S)c2ccccc2)S1. The molecule has 0 aromatic heterocycles. The minimum atomic E-state index is 0.343. The predicted octanol–water partition coefficient (Wildman–Crippen LogP) is 3.22. The second-order valence-corrected chi connectivity index (χ2v) is 5.98. The van der Waals surface area contributed by atoms with Gasteiger partial charge >= 0.3 is 0 Å². The van der Waals surface area contributed by atoms with Gasteiger partial charge in [0.25, 0.3) is 0 Å². The van der Waals surface area contributed by atoms with Gasteiger partial charge in [0.2, 0.25) is 0 Å². The van der Waals surface area contributed by atoms with Crippen molar-refractivity contribution in [2.24, 2.45) is 4.99 Å². The molecule has 90 valence electrons. The highest BCUT2D eigenvalue weighted by Crippen LogP contribution is 2.23. The van der Waals surface area contributed by atoms with Crippen LogP contribution in [0.4, 0.5) is 0 Å². The van der Waals surface area contributed by atoms with E-state index >= 15 is 0 Å². The summed E-state index contributed by atoms with van der Waals surface area (Å²) in [4.78, 5) is 5.33. The van der Waals surface area contributed by atoms with Crippen LogP contribution in [-0.4, -0.2) is 21.4 Å². The summed E-state index contributed by atoms with van der Waals surface area (Å²) in [5, 5.41) is 4.89. The summed E-state index contributed by atoms with van der Waals surface area (Å²) >= 11 is 7.18. The Labute approximate surface area is 112 Å². The Hall–Kier alpha value is -0.870. The maximum atomic E-state index is 5.41. The summed E-state index contributed by atoms with van der Waals surface area (Å²) in [6.07, 6.45) is 1.02. The van der Waals surface area contributed by atoms with Crippen LogP contribution < -0.4 is 5.32 Å². The molecule has 2 rings (SSSR count). The maximum absolute atomic E-state index is 5.41. The highest BCUT2D eigenvalue weighted by atomic mass is 32.2. The van der Waals surface area contributed by atoms with E-state index in [1.165, 1.54) is 0 Å². The van der Waals surface area contributed by atoms with E-state index in [0.717, 1.165) is 22.0 Å². The fraction of sp³-hybridized carbons (Fsp3) is 0.385. The molecule has 2 unspecified atom stereocenters. The Morgan fingerprint density at radius 1 is 1.41 bits per heavy atom. The van der Waals surface area contributed by atoms with Crippen molar-refractivity contribution in [3.8, 4) is 0 Å². The summed E-state index contributed by atoms with van der Waals surface area (Å²) < 4.78 is 0. The summed E-state index contributed by atoms with van der Waals surface area (Å²) in [5.74, 6) is 0. The minimum Gasteiger partial charge on any atom is -0.364 e. The molecule has 2 nitrogen and oxygen atoms in total. The number of rotatable bonds is 2. The molecule has 1 aromatic rings. The predicted molar refractivity (Wildman–Crippen MR) is 79.8 cm³/mol. The van der Waals surface area contributed by atoms with Crippen LogP contribution in [0.2, 0.25) is 0 Å². The van der Waals surface area contributed by atoms with E-state index in [-0.39, 0.29) is 0 Å². The van der Waals surface area contributed by atoms with Crippen LogP contribution in [0.5, 0.6) is 0 Å². The van der Waals surface area contributed by atoms with Gasteiger partial charge < -0.3 is 5.32 Å². The molecule has 0 spiro atoms. The fourth-order valence-corrected chi connectivity index (χ4v) is 3.42. The molecule has 1 aromatic carbocycles. The summed E-state index contributed by atoms with van der Waals surface area (Å²) in [5.41, 5.74) is 1.08. The maximum Gasteiger partial charge on any atom is 0.107 e. The van der Waals surface area contributed by atoms with Gasteiger partial charge in [-0.1, -0.05) is 54.3 Å². The number of nitrogens with one attached hydrogen (secondary N) is 1. The molecule has 1 heterocycles. The first-order valence-corrected chi connectivity index (χ1v) is 7.01. The van der Waals surface area contributed by atoms with Crippen LogP contribution in [0, 0.1) is 0 Å². The monoisotopic (exact) mass is 264 g/mol. The highest BCUT2D eigenvalue weighted by molar-refractivity contribution is 8.14. The zero-order chi connectivity index (χ0) is 12.3. The Bertz CT molecular complexity index is 428. The lowest BCUT2D eigenvalue weighted by molar-refractivity contribution is 0.620. The van der Waals surface area contributed by atoms with Crippen molar-refractivity contribution >= 4 is 34.0 Å². The molecular formula is C13H16N2S2. The number of hydrogen-bond acceptors (Lipinski definition) is 3. The molecule has 1 aliphatic rings. The van der Waals surface area contributed by atoms with Crippen molar-refractivity contribution in [3.05, 3.63) is 35.9 Å². The van der Waals surface area contributed by atoms with Crippen molar-refractivity contribution < 1.29 is 0 Å². The van der Waals surface area contributed by atoms with Crippen LogP contribution >= 0.6 is 24.0 Å². The molecule has 0 radical (unpaired) electrons. The van der Waals surface area contributed by atoms with Crippen LogP contribution in [0.3, 0.4) is 0 Å². The van der Waals surface area contributed by atoms with Crippen LogP contribution in [-0.2, 0) is 0 Å². The largest absolute Gasteiger partial charge is 0.364 e. The summed E-state index contributed by atoms with van der Waals surface area (Å²) in [7, 11) is 0. The van der Waals surface area contributed by atoms with Crippen LogP contribution in [0.25, 0.3) is 0 Å². The van der Waals surface area contributed by atoms with E-state index in [2.05, 4.69) is 24.2 Å². The van der Waals surface area contributed by atoms with Crippen LogP contribution in [0.15, 0.2) is 35.3 Å². The molecule has 0 aliphatic carbocycles. The normalized spacial score (nSPS) is 24.0. The number of thiocarbonyl (C=S) groups is 1. The first kappa shape index (κ1) is 12.6. The Morgan fingerprint density at radius 3 is 2.76 bits per heavy atom. The Balaban J connectivity index is 1.98. The molecule has 2 atom stereocenters. The zero-order valence-electron chi connectivity index (χ0n) is 10.0. The molecular weight excluding hydrogens is 248 g/mol. The van der Waals surface area contributed by atoms with Gasteiger partial charge in [0.1, 0.15) is 4.99 Å². The third-order valence-electron chi connectivity index (χ3n) is 2.60. The molecule has 0 fully saturated rings. The van der Waals surface area contributed by atoms with Gasteiger partial charge in [-0.05, 0) is 20.3 Å². The molecule has 0 amide bonds. The van der Waals surface area contributed by atoms with Gasteiger partial charge in [-0.15, -0.1) is 0 Å². The third kappa shape index (κ3) is 3.54. The molecule has 17 heavy (non-hydrogen) atoms. The lowest BCUT2D eigenvalue weighted by Crippen LogP contribution is -2.36. The van der Waals surface area contributed by atoms with Crippen molar-refractivity contribution in [1.82, 2.24) is 5.32 Å². The summed E-state index contributed by atoms with van der Waals surface area (Å²) in [6.45, 7) is 4.20. The van der Waals surface area contributed by atoms with Crippen LogP contribution in [0.1, 0.15) is 25.8 Å². The van der Waals surface area contributed by atoms with Gasteiger partial charge in [0.15, 0.2) is 0 Å². The van der Waals surface area contributed by atoms with Gasteiger partial charge in [-0.25, -0.2) is 0 Å². The second kappa shape index (κ2) is 5.65. The Morgan fingerprint density at radius 2 is 2.12 bits per heavy atom. The van der Waals surface area contributed by atoms with E-state index in [4.69, 9.17) is 12.2 Å². The average molecular weight is 264 g/mol. The number of benzene rings is 1. The molecule has 0 saturated carbocycles. The smallest absolute Gasteiger partial charge is 0.107 e. The van der Waals surface area contributed by atoms with Crippen molar-refractivity contribution in [2.75, 3.05) is 0 Å². The van der Waals surface area contributed by atoms with Crippen molar-refractivity contribution in [2.45, 2.75) is 31.7 Å². The molecule has 1 N–H and O–H groups in total. The van der Waals surface area contributed by atoms with Gasteiger partial charge in [0, 0.05) is 5.56 Å². The van der Waals surface area contributed by atoms with E-state index in [1.54, 1.807) is 11.8 Å². The Kier molecular flexibility index (Phi) is 4.18. The van der Waals surface area contributed by atoms with Crippen molar-refractivity contribution in [1.29, 1.82) is 0 Å². The van der Waals surface area contributed by atoms with E-state index < -0.39 is 0 Å². The number of nitrogens with zero attached hydrogens (tertiary/aromatic N) is 1. The fourth-order valence-electron chi connectivity index (χ4n) is 1.86. The number of thioether (sulfide) groups is 1. The molecule has 1 aliphatic heterocycles. The zero-order valence-corrected chi connectivity index (χ0v) is 11.6. The second-order valence-electron chi connectivity index (χ2n) is 4.18. The summed E-state index contributed by atoms with van der Waals surface area (Å²) in [6, 6.07) is 10.5. The van der Waals surface area contributed by atoms with E-state index in [0.29, 0.717) is 11.4 Å². The number of hydrogen-bond donors (Lipinski definition) is 1. The topological polar surface area (TPSA) is 24.4 Å². The lowest BCUT2D eigenvalue weighted by atomic mass is 10.2.